The molecule has 0 aliphatic heterocycles. The lowest BCUT2D eigenvalue weighted by atomic mass is 10.2. The molecule has 0 radical (unpaired) electrons. The van der Waals surface area contributed by atoms with Crippen molar-refractivity contribution in [3.8, 4) is 0 Å². The fourth-order valence-electron chi connectivity index (χ4n) is 1.85. The molecule has 0 saturated carbocycles. The molecule has 0 spiro atoms. The van der Waals surface area contributed by atoms with Crippen molar-refractivity contribution in [2.45, 2.75) is 24.8 Å². The van der Waals surface area contributed by atoms with Crippen LogP contribution in [0, 0.1) is 17.0 Å². The largest absolute Gasteiger partial charge is 0.468 e. The number of hydrogen-bond donors (Lipinski definition) is 1. The second-order valence-corrected chi connectivity index (χ2v) is 6.28. The molecule has 8 heteroatoms. The van der Waals surface area contributed by atoms with Gasteiger partial charge in [-0.25, -0.2) is 13.1 Å². The van der Waals surface area contributed by atoms with Crippen LogP contribution < -0.4 is 4.72 Å². The maximum absolute atomic E-state index is 12.2. The van der Waals surface area contributed by atoms with Gasteiger partial charge in [0.05, 0.1) is 22.1 Å². The number of rotatable bonds is 5. The molecule has 1 heterocycles. The minimum absolute atomic E-state index is 0.154. The topological polar surface area (TPSA) is 102 Å². The fourth-order valence-corrected chi connectivity index (χ4v) is 3.08. The Bertz CT molecular complexity index is 753. The van der Waals surface area contributed by atoms with Gasteiger partial charge in [-0.15, -0.1) is 0 Å². The molecule has 1 aromatic carbocycles. The maximum Gasteiger partial charge on any atom is 0.273 e. The molecule has 0 aliphatic carbocycles. The lowest BCUT2D eigenvalue weighted by Crippen LogP contribution is -2.26. The van der Waals surface area contributed by atoms with Crippen LogP contribution >= 0.6 is 0 Å². The zero-order chi connectivity index (χ0) is 15.6. The van der Waals surface area contributed by atoms with Crippen LogP contribution in [0.4, 0.5) is 5.69 Å². The van der Waals surface area contributed by atoms with E-state index in [0.717, 1.165) is 6.07 Å². The summed E-state index contributed by atoms with van der Waals surface area (Å²) in [6.07, 6.45) is 1.44. The van der Waals surface area contributed by atoms with Gasteiger partial charge in [0.15, 0.2) is 0 Å². The van der Waals surface area contributed by atoms with Gasteiger partial charge in [0.25, 0.3) is 5.69 Å². The van der Waals surface area contributed by atoms with Crippen molar-refractivity contribution in [2.75, 3.05) is 0 Å². The van der Waals surface area contributed by atoms with E-state index in [2.05, 4.69) is 4.72 Å². The number of sulfonamides is 1. The summed E-state index contributed by atoms with van der Waals surface area (Å²) in [7, 11) is -3.87. The normalized spacial score (nSPS) is 13.0. The highest BCUT2D eigenvalue weighted by Crippen LogP contribution is 2.23. The molecule has 1 aromatic heterocycles. The van der Waals surface area contributed by atoms with E-state index in [-0.39, 0.29) is 10.6 Å². The van der Waals surface area contributed by atoms with Crippen LogP contribution in [0.5, 0.6) is 0 Å². The van der Waals surface area contributed by atoms with E-state index >= 15 is 0 Å². The second-order valence-electron chi connectivity index (χ2n) is 4.56. The quantitative estimate of drug-likeness (QED) is 0.675. The number of nitro groups is 1. The zero-order valence-electron chi connectivity index (χ0n) is 11.4. The minimum atomic E-state index is -3.87. The number of aryl methyl sites for hydroxylation is 1. The molecule has 0 saturated heterocycles. The van der Waals surface area contributed by atoms with Crippen LogP contribution in [-0.4, -0.2) is 13.3 Å². The Kier molecular flexibility index (Phi) is 4.10. The summed E-state index contributed by atoms with van der Waals surface area (Å²) in [5.41, 5.74) is 0.168. The van der Waals surface area contributed by atoms with Crippen LogP contribution in [0.1, 0.15) is 24.3 Å². The predicted molar refractivity (Wildman–Crippen MR) is 75.3 cm³/mol. The smallest absolute Gasteiger partial charge is 0.273 e. The molecule has 0 unspecified atom stereocenters. The van der Waals surface area contributed by atoms with Crippen LogP contribution in [-0.2, 0) is 10.0 Å². The summed E-state index contributed by atoms with van der Waals surface area (Å²) in [5.74, 6) is 0.459. The number of benzene rings is 1. The van der Waals surface area contributed by atoms with Crippen LogP contribution in [0.15, 0.2) is 45.9 Å². The summed E-state index contributed by atoms with van der Waals surface area (Å²) in [5, 5.41) is 10.9. The Morgan fingerprint density at radius 1 is 1.33 bits per heavy atom. The molecule has 2 aromatic rings. The standard InChI is InChI=1S/C13H14N2O5S/c1-9-5-6-11(8-12(9)15(16)17)21(18,19)14-10(2)13-4-3-7-20-13/h3-8,10,14H,1-2H3/t10-/m1/s1. The van der Waals surface area contributed by atoms with Gasteiger partial charge < -0.3 is 4.42 Å². The lowest BCUT2D eigenvalue weighted by Gasteiger charge is -2.12. The summed E-state index contributed by atoms with van der Waals surface area (Å²) in [4.78, 5) is 10.1. The average Bonchev–Trinajstić information content (AvgIpc) is 2.92. The Hall–Kier alpha value is -2.19. The van der Waals surface area contributed by atoms with Crippen molar-refractivity contribution in [2.24, 2.45) is 0 Å². The van der Waals surface area contributed by atoms with Gasteiger partial charge in [-0.2, -0.15) is 0 Å². The Morgan fingerprint density at radius 3 is 2.62 bits per heavy atom. The van der Waals surface area contributed by atoms with E-state index < -0.39 is 21.0 Å². The molecule has 21 heavy (non-hydrogen) atoms. The van der Waals surface area contributed by atoms with Gasteiger partial charge in [-0.05, 0) is 32.0 Å². The highest BCUT2D eigenvalue weighted by atomic mass is 32.2. The summed E-state index contributed by atoms with van der Waals surface area (Å²) in [6.45, 7) is 3.17. The number of hydrogen-bond acceptors (Lipinski definition) is 5. The molecule has 0 fully saturated rings. The number of nitrogens with one attached hydrogen (secondary N) is 1. The van der Waals surface area contributed by atoms with Gasteiger partial charge in [-0.1, -0.05) is 6.07 Å². The van der Waals surface area contributed by atoms with E-state index in [1.165, 1.54) is 18.4 Å². The number of nitro benzene ring substituents is 1. The van der Waals surface area contributed by atoms with Crippen molar-refractivity contribution >= 4 is 15.7 Å². The molecular formula is C13H14N2O5S. The van der Waals surface area contributed by atoms with Crippen molar-refractivity contribution in [3.63, 3.8) is 0 Å². The maximum atomic E-state index is 12.2. The van der Waals surface area contributed by atoms with Crippen LogP contribution in [0.2, 0.25) is 0 Å². The summed E-state index contributed by atoms with van der Waals surface area (Å²) >= 11 is 0. The number of furan rings is 1. The van der Waals surface area contributed by atoms with Gasteiger partial charge in [-0.3, -0.25) is 10.1 Å². The van der Waals surface area contributed by atoms with E-state index in [0.29, 0.717) is 11.3 Å². The van der Waals surface area contributed by atoms with Crippen molar-refractivity contribution in [3.05, 3.63) is 58.0 Å². The van der Waals surface area contributed by atoms with Crippen molar-refractivity contribution < 1.29 is 17.8 Å². The Morgan fingerprint density at radius 2 is 2.05 bits per heavy atom. The van der Waals surface area contributed by atoms with Gasteiger partial charge in [0.2, 0.25) is 10.0 Å². The number of nitrogens with zero attached hydrogens (tertiary/aromatic N) is 1. The average molecular weight is 310 g/mol. The SMILES string of the molecule is Cc1ccc(S(=O)(=O)N[C@H](C)c2ccco2)cc1[N+](=O)[O-]. The zero-order valence-corrected chi connectivity index (χ0v) is 12.3. The first-order chi connectivity index (χ1) is 9.81. The minimum Gasteiger partial charge on any atom is -0.468 e. The van der Waals surface area contributed by atoms with E-state index in [1.54, 1.807) is 26.0 Å². The highest BCUT2D eigenvalue weighted by Gasteiger charge is 2.23. The molecular weight excluding hydrogens is 296 g/mol. The van der Waals surface area contributed by atoms with Crippen molar-refractivity contribution in [1.82, 2.24) is 4.72 Å². The highest BCUT2D eigenvalue weighted by molar-refractivity contribution is 7.89. The predicted octanol–water partition coefficient (Wildman–Crippen LogP) is 2.54. The van der Waals surface area contributed by atoms with E-state index in [9.17, 15) is 18.5 Å². The Labute approximate surface area is 121 Å². The first-order valence-corrected chi connectivity index (χ1v) is 7.60. The van der Waals surface area contributed by atoms with Gasteiger partial charge >= 0.3 is 0 Å². The molecule has 0 amide bonds. The van der Waals surface area contributed by atoms with E-state index in [4.69, 9.17) is 4.42 Å². The summed E-state index contributed by atoms with van der Waals surface area (Å²) in [6, 6.07) is 6.50. The molecule has 1 atom stereocenters. The third kappa shape index (κ3) is 3.29. The molecule has 112 valence electrons. The second kappa shape index (κ2) is 5.66. The monoisotopic (exact) mass is 310 g/mol. The molecule has 7 nitrogen and oxygen atoms in total. The fraction of sp³-hybridized carbons (Fsp3) is 0.231. The first kappa shape index (κ1) is 15.2. The van der Waals surface area contributed by atoms with Crippen LogP contribution in [0.25, 0.3) is 0 Å². The third-order valence-corrected chi connectivity index (χ3v) is 4.53. The van der Waals surface area contributed by atoms with Gasteiger partial charge in [0.1, 0.15) is 5.76 Å². The Balaban J connectivity index is 2.32. The third-order valence-electron chi connectivity index (χ3n) is 2.99. The molecule has 0 aliphatic rings. The lowest BCUT2D eigenvalue weighted by molar-refractivity contribution is -0.385. The molecule has 0 bridgehead atoms. The first-order valence-electron chi connectivity index (χ1n) is 6.12. The van der Waals surface area contributed by atoms with Crippen molar-refractivity contribution in [1.29, 1.82) is 0 Å². The molecule has 2 rings (SSSR count). The molecule has 1 N–H and O–H groups in total. The van der Waals surface area contributed by atoms with Crippen LogP contribution in [0.3, 0.4) is 0 Å². The van der Waals surface area contributed by atoms with E-state index in [1.807, 2.05) is 0 Å². The van der Waals surface area contributed by atoms with Gasteiger partial charge in [0, 0.05) is 11.6 Å². The summed E-state index contributed by atoms with van der Waals surface area (Å²) < 4.78 is 32.0.